The van der Waals surface area contributed by atoms with Gasteiger partial charge >= 0.3 is 0 Å². The lowest BCUT2D eigenvalue weighted by atomic mass is 9.95. The number of carbonyl (C=O) groups is 2. The fourth-order valence-electron chi connectivity index (χ4n) is 4.41. The molecule has 0 bridgehead atoms. The molecular formula is C28H24N2O4. The van der Waals surface area contributed by atoms with Crippen LogP contribution < -0.4 is 9.64 Å². The number of hydrogen-bond donors (Lipinski definition) is 2. The van der Waals surface area contributed by atoms with E-state index in [9.17, 15) is 14.7 Å². The van der Waals surface area contributed by atoms with Gasteiger partial charge in [-0.05, 0) is 30.2 Å². The van der Waals surface area contributed by atoms with Gasteiger partial charge in [0, 0.05) is 34.4 Å². The number of nitrogens with one attached hydrogen (secondary N) is 1. The minimum atomic E-state index is -0.781. The summed E-state index contributed by atoms with van der Waals surface area (Å²) in [5.74, 6) is -1.00. The van der Waals surface area contributed by atoms with E-state index in [1.807, 2.05) is 67.6 Å². The summed E-state index contributed by atoms with van der Waals surface area (Å²) in [6.45, 7) is 2.56. The van der Waals surface area contributed by atoms with Crippen LogP contribution in [0.2, 0.25) is 0 Å². The van der Waals surface area contributed by atoms with Gasteiger partial charge in [0.25, 0.3) is 11.7 Å². The van der Waals surface area contributed by atoms with Crippen LogP contribution >= 0.6 is 0 Å². The van der Waals surface area contributed by atoms with Crippen molar-refractivity contribution in [2.45, 2.75) is 19.4 Å². The molecule has 1 atom stereocenters. The predicted octanol–water partition coefficient (Wildman–Crippen LogP) is 5.58. The number of H-pyrrole nitrogens is 1. The molecule has 1 amide bonds. The van der Waals surface area contributed by atoms with Gasteiger partial charge in [-0.3, -0.25) is 14.5 Å². The maximum atomic E-state index is 13.4. The van der Waals surface area contributed by atoms with Crippen LogP contribution in [0.15, 0.2) is 90.6 Å². The number of para-hydroxylation sites is 1. The van der Waals surface area contributed by atoms with E-state index in [4.69, 9.17) is 4.74 Å². The van der Waals surface area contributed by atoms with Crippen molar-refractivity contribution < 1.29 is 19.4 Å². The Morgan fingerprint density at radius 1 is 1.00 bits per heavy atom. The van der Waals surface area contributed by atoms with Crippen molar-refractivity contribution in [3.8, 4) is 5.75 Å². The number of ketones is 1. The van der Waals surface area contributed by atoms with Crippen molar-refractivity contribution in [3.05, 3.63) is 102 Å². The van der Waals surface area contributed by atoms with Gasteiger partial charge < -0.3 is 14.8 Å². The number of aromatic nitrogens is 1. The fraction of sp³-hybridized carbons (Fsp3) is 0.143. The van der Waals surface area contributed by atoms with Gasteiger partial charge in [-0.15, -0.1) is 0 Å². The van der Waals surface area contributed by atoms with E-state index in [2.05, 4.69) is 4.98 Å². The fourth-order valence-corrected chi connectivity index (χ4v) is 4.41. The number of rotatable bonds is 6. The maximum Gasteiger partial charge on any atom is 0.300 e. The van der Waals surface area contributed by atoms with Crippen LogP contribution in [0.4, 0.5) is 5.69 Å². The van der Waals surface area contributed by atoms with Crippen LogP contribution in [0, 0.1) is 0 Å². The molecule has 1 aliphatic heterocycles. The predicted molar refractivity (Wildman–Crippen MR) is 132 cm³/mol. The van der Waals surface area contributed by atoms with Crippen LogP contribution in [0.25, 0.3) is 16.7 Å². The number of fused-ring (bicyclic) bond motifs is 1. The number of Topliss-reactive ketones (excluding diaryl/α,β-unsaturated/α-hetero) is 1. The summed E-state index contributed by atoms with van der Waals surface area (Å²) >= 11 is 0. The first-order chi connectivity index (χ1) is 16.6. The molecule has 0 radical (unpaired) electrons. The van der Waals surface area contributed by atoms with E-state index in [1.165, 1.54) is 4.90 Å². The first-order valence-electron chi connectivity index (χ1n) is 11.3. The molecule has 1 aromatic heterocycles. The van der Waals surface area contributed by atoms with Gasteiger partial charge in [0.05, 0.1) is 18.2 Å². The van der Waals surface area contributed by atoms with E-state index in [0.29, 0.717) is 23.6 Å². The Balaban J connectivity index is 1.69. The quantitative estimate of drug-likeness (QED) is 0.227. The van der Waals surface area contributed by atoms with Gasteiger partial charge in [-0.25, -0.2) is 0 Å². The van der Waals surface area contributed by atoms with E-state index in [-0.39, 0.29) is 11.3 Å². The zero-order valence-electron chi connectivity index (χ0n) is 18.7. The van der Waals surface area contributed by atoms with Crippen LogP contribution in [0.3, 0.4) is 0 Å². The Morgan fingerprint density at radius 3 is 2.56 bits per heavy atom. The van der Waals surface area contributed by atoms with E-state index < -0.39 is 17.7 Å². The van der Waals surface area contributed by atoms with Gasteiger partial charge in [-0.2, -0.15) is 0 Å². The topological polar surface area (TPSA) is 82.6 Å². The van der Waals surface area contributed by atoms with E-state index in [1.54, 1.807) is 24.4 Å². The van der Waals surface area contributed by atoms with Crippen LogP contribution in [0.1, 0.15) is 30.5 Å². The molecule has 0 aliphatic carbocycles. The number of nitrogens with zero attached hydrogens (tertiary/aromatic N) is 1. The highest BCUT2D eigenvalue weighted by atomic mass is 16.5. The molecule has 0 saturated carbocycles. The number of aliphatic hydroxyl groups is 1. The Morgan fingerprint density at radius 2 is 1.76 bits per heavy atom. The summed E-state index contributed by atoms with van der Waals surface area (Å²) in [5.41, 5.74) is 2.62. The molecule has 34 heavy (non-hydrogen) atoms. The van der Waals surface area contributed by atoms with Crippen LogP contribution in [0.5, 0.6) is 5.75 Å². The molecule has 1 unspecified atom stereocenters. The first-order valence-corrected chi connectivity index (χ1v) is 11.3. The minimum absolute atomic E-state index is 0.0563. The van der Waals surface area contributed by atoms with Gasteiger partial charge in [0.1, 0.15) is 11.5 Å². The second-order valence-corrected chi connectivity index (χ2v) is 8.17. The molecule has 3 aromatic carbocycles. The second kappa shape index (κ2) is 8.90. The molecule has 4 aromatic rings. The van der Waals surface area contributed by atoms with Crippen molar-refractivity contribution in [1.29, 1.82) is 0 Å². The Kier molecular flexibility index (Phi) is 5.64. The molecule has 0 spiro atoms. The minimum Gasteiger partial charge on any atom is -0.507 e. The SMILES string of the molecule is CCCOc1cccc(N2C(=O)C(=O)/C(=C(\O)c3c[nH]c4ccccc34)C2c2ccccc2)c1. The summed E-state index contributed by atoms with van der Waals surface area (Å²) < 4.78 is 5.75. The van der Waals surface area contributed by atoms with E-state index in [0.717, 1.165) is 22.9 Å². The average Bonchev–Trinajstić information content (AvgIpc) is 3.42. The zero-order valence-corrected chi connectivity index (χ0v) is 18.7. The van der Waals surface area contributed by atoms with Gasteiger partial charge in [0.2, 0.25) is 0 Å². The molecule has 6 heteroatoms. The third-order valence-corrected chi connectivity index (χ3v) is 5.97. The van der Waals surface area contributed by atoms with Crippen molar-refractivity contribution in [1.82, 2.24) is 4.98 Å². The summed E-state index contributed by atoms with van der Waals surface area (Å²) in [7, 11) is 0. The zero-order chi connectivity index (χ0) is 23.7. The van der Waals surface area contributed by atoms with Gasteiger partial charge in [0.15, 0.2) is 0 Å². The number of benzene rings is 3. The first kappa shape index (κ1) is 21.5. The molecule has 2 N–H and O–H groups in total. The highest BCUT2D eigenvalue weighted by molar-refractivity contribution is 6.51. The van der Waals surface area contributed by atoms with Crippen molar-refractivity contribution in [2.24, 2.45) is 0 Å². The number of aromatic amines is 1. The van der Waals surface area contributed by atoms with Crippen molar-refractivity contribution >= 4 is 34.0 Å². The molecule has 1 fully saturated rings. The molecular weight excluding hydrogens is 428 g/mol. The second-order valence-electron chi connectivity index (χ2n) is 8.17. The van der Waals surface area contributed by atoms with Gasteiger partial charge in [-0.1, -0.05) is 61.5 Å². The number of ether oxygens (including phenoxy) is 1. The third kappa shape index (κ3) is 3.63. The molecule has 6 nitrogen and oxygen atoms in total. The lowest BCUT2D eigenvalue weighted by molar-refractivity contribution is -0.132. The molecule has 1 saturated heterocycles. The standard InChI is InChI=1S/C28H24N2O4/c1-2-15-34-20-12-8-11-19(16-20)30-25(18-9-4-3-5-10-18)24(27(32)28(30)33)26(31)22-17-29-23-14-7-6-13-21(22)23/h3-14,16-17,25,29,31H,2,15H2,1H3/b26-24-. The maximum absolute atomic E-state index is 13.4. The lowest BCUT2D eigenvalue weighted by Gasteiger charge is -2.25. The molecule has 2 heterocycles. The number of carbonyl (C=O) groups excluding carboxylic acids is 2. The normalized spacial score (nSPS) is 17.4. The van der Waals surface area contributed by atoms with E-state index >= 15 is 0 Å². The Labute approximate surface area is 197 Å². The van der Waals surface area contributed by atoms with Crippen molar-refractivity contribution in [3.63, 3.8) is 0 Å². The lowest BCUT2D eigenvalue weighted by Crippen LogP contribution is -2.29. The number of aliphatic hydroxyl groups excluding tert-OH is 1. The van der Waals surface area contributed by atoms with Crippen LogP contribution in [-0.2, 0) is 9.59 Å². The highest BCUT2D eigenvalue weighted by Gasteiger charge is 2.47. The average molecular weight is 453 g/mol. The Hall–Kier alpha value is -4.32. The Bertz CT molecular complexity index is 1400. The third-order valence-electron chi connectivity index (χ3n) is 5.97. The molecule has 5 rings (SSSR count). The molecule has 170 valence electrons. The number of hydrogen-bond acceptors (Lipinski definition) is 4. The van der Waals surface area contributed by atoms with Crippen LogP contribution in [-0.4, -0.2) is 28.4 Å². The summed E-state index contributed by atoms with van der Waals surface area (Å²) in [6.07, 6.45) is 2.51. The summed E-state index contributed by atoms with van der Waals surface area (Å²) in [6, 6.07) is 23.1. The number of anilines is 1. The summed E-state index contributed by atoms with van der Waals surface area (Å²) in [5, 5.41) is 12.2. The smallest absolute Gasteiger partial charge is 0.300 e. The summed E-state index contributed by atoms with van der Waals surface area (Å²) in [4.78, 5) is 31.3. The number of amides is 1. The largest absolute Gasteiger partial charge is 0.507 e. The molecule has 1 aliphatic rings. The van der Waals surface area contributed by atoms with Crippen molar-refractivity contribution in [2.75, 3.05) is 11.5 Å². The highest BCUT2D eigenvalue weighted by Crippen LogP contribution is 2.43. The monoisotopic (exact) mass is 452 g/mol.